The number of hydrogen-bond donors (Lipinski definition) is 2. The van der Waals surface area contributed by atoms with Crippen LogP contribution in [-0.2, 0) is 0 Å². The van der Waals surface area contributed by atoms with Crippen molar-refractivity contribution in [3.05, 3.63) is 23.9 Å². The molecular weight excluding hydrogens is 242 g/mol. The van der Waals surface area contributed by atoms with Gasteiger partial charge in [0.2, 0.25) is 0 Å². The Balaban J connectivity index is 2.15. The number of aromatic nitrogens is 1. The Labute approximate surface area is 113 Å². The van der Waals surface area contributed by atoms with E-state index in [1.165, 1.54) is 0 Å². The second-order valence-corrected chi connectivity index (χ2v) is 4.79. The third-order valence-electron chi connectivity index (χ3n) is 3.46. The van der Waals surface area contributed by atoms with Gasteiger partial charge >= 0.3 is 0 Å². The number of nitrogens with one attached hydrogen (secondary N) is 1. The van der Waals surface area contributed by atoms with Gasteiger partial charge in [-0.15, -0.1) is 0 Å². The predicted molar refractivity (Wildman–Crippen MR) is 74.2 cm³/mol. The topological polar surface area (TPSA) is 65.5 Å². The SMILES string of the molecule is CCNc1cc(C(=O)N2CCCCC2CO)ccn1. The number of amides is 1. The molecule has 1 unspecified atom stereocenters. The number of carbonyl (C=O) groups excluding carboxylic acids is 1. The molecule has 0 radical (unpaired) electrons. The molecule has 5 nitrogen and oxygen atoms in total. The quantitative estimate of drug-likeness (QED) is 0.864. The molecule has 0 spiro atoms. The van der Waals surface area contributed by atoms with Crippen molar-refractivity contribution >= 4 is 11.7 Å². The number of piperidine rings is 1. The Hall–Kier alpha value is -1.62. The number of anilines is 1. The number of carbonyl (C=O) groups is 1. The number of rotatable bonds is 4. The fraction of sp³-hybridized carbons (Fsp3) is 0.571. The lowest BCUT2D eigenvalue weighted by Crippen LogP contribution is -2.45. The van der Waals surface area contributed by atoms with Crippen LogP contribution in [0.3, 0.4) is 0 Å². The summed E-state index contributed by atoms with van der Waals surface area (Å²) in [6, 6.07) is 3.46. The van der Waals surface area contributed by atoms with E-state index in [4.69, 9.17) is 0 Å². The van der Waals surface area contributed by atoms with Crippen LogP contribution < -0.4 is 5.32 Å². The molecule has 0 aromatic carbocycles. The molecular formula is C14H21N3O2. The van der Waals surface area contributed by atoms with E-state index in [-0.39, 0.29) is 18.6 Å². The highest BCUT2D eigenvalue weighted by molar-refractivity contribution is 5.95. The van der Waals surface area contributed by atoms with Gasteiger partial charge in [-0.3, -0.25) is 4.79 Å². The fourth-order valence-corrected chi connectivity index (χ4v) is 2.46. The highest BCUT2D eigenvalue weighted by atomic mass is 16.3. The van der Waals surface area contributed by atoms with Gasteiger partial charge in [-0.2, -0.15) is 0 Å². The number of hydrogen-bond acceptors (Lipinski definition) is 4. The number of nitrogens with zero attached hydrogens (tertiary/aromatic N) is 2. The molecule has 1 aliphatic heterocycles. The number of aliphatic hydroxyl groups excluding tert-OH is 1. The molecule has 1 atom stereocenters. The van der Waals surface area contributed by atoms with Gasteiger partial charge < -0.3 is 15.3 Å². The standard InChI is InChI=1S/C14H21N3O2/c1-2-15-13-9-11(6-7-16-13)14(19)17-8-4-3-5-12(17)10-18/h6-7,9,12,18H,2-5,8,10H2,1H3,(H,15,16). The van der Waals surface area contributed by atoms with E-state index in [1.807, 2.05) is 6.92 Å². The fourth-order valence-electron chi connectivity index (χ4n) is 2.46. The summed E-state index contributed by atoms with van der Waals surface area (Å²) in [5.74, 6) is 0.700. The van der Waals surface area contributed by atoms with Crippen molar-refractivity contribution < 1.29 is 9.90 Å². The van der Waals surface area contributed by atoms with E-state index in [1.54, 1.807) is 23.2 Å². The highest BCUT2D eigenvalue weighted by Crippen LogP contribution is 2.20. The van der Waals surface area contributed by atoms with Gasteiger partial charge in [0.1, 0.15) is 5.82 Å². The zero-order chi connectivity index (χ0) is 13.7. The normalized spacial score (nSPS) is 19.3. The van der Waals surface area contributed by atoms with E-state index in [2.05, 4.69) is 10.3 Å². The molecule has 1 aromatic heterocycles. The average molecular weight is 263 g/mol. The Morgan fingerprint density at radius 2 is 2.42 bits per heavy atom. The molecule has 1 saturated heterocycles. The summed E-state index contributed by atoms with van der Waals surface area (Å²) >= 11 is 0. The number of aliphatic hydroxyl groups is 1. The van der Waals surface area contributed by atoms with E-state index in [9.17, 15) is 9.90 Å². The minimum atomic E-state index is -0.0444. The van der Waals surface area contributed by atoms with Crippen molar-refractivity contribution in [3.63, 3.8) is 0 Å². The van der Waals surface area contributed by atoms with Gasteiger partial charge in [0.25, 0.3) is 5.91 Å². The molecule has 5 heteroatoms. The summed E-state index contributed by atoms with van der Waals surface area (Å²) in [6.45, 7) is 3.52. The van der Waals surface area contributed by atoms with Crippen molar-refractivity contribution in [1.82, 2.24) is 9.88 Å². The van der Waals surface area contributed by atoms with E-state index < -0.39 is 0 Å². The minimum absolute atomic E-state index is 0.0136. The van der Waals surface area contributed by atoms with Gasteiger partial charge in [-0.25, -0.2) is 4.98 Å². The first kappa shape index (κ1) is 13.8. The van der Waals surface area contributed by atoms with Crippen molar-refractivity contribution in [3.8, 4) is 0 Å². The van der Waals surface area contributed by atoms with Crippen LogP contribution in [0.5, 0.6) is 0 Å². The molecule has 0 aliphatic carbocycles. The van der Waals surface area contributed by atoms with Gasteiger partial charge in [0.15, 0.2) is 0 Å². The van der Waals surface area contributed by atoms with Crippen LogP contribution in [0.15, 0.2) is 18.3 Å². The predicted octanol–water partition coefficient (Wildman–Crippen LogP) is 1.50. The molecule has 2 heterocycles. The van der Waals surface area contributed by atoms with E-state index in [0.717, 1.165) is 32.4 Å². The maximum absolute atomic E-state index is 12.5. The van der Waals surface area contributed by atoms with Crippen LogP contribution in [0.4, 0.5) is 5.82 Å². The van der Waals surface area contributed by atoms with Crippen LogP contribution in [0, 0.1) is 0 Å². The highest BCUT2D eigenvalue weighted by Gasteiger charge is 2.26. The Bertz CT molecular complexity index is 436. The van der Waals surface area contributed by atoms with Crippen LogP contribution in [0.25, 0.3) is 0 Å². The molecule has 2 N–H and O–H groups in total. The first-order chi connectivity index (χ1) is 9.26. The first-order valence-corrected chi connectivity index (χ1v) is 6.88. The van der Waals surface area contributed by atoms with Crippen molar-refractivity contribution in [2.24, 2.45) is 0 Å². The molecule has 1 aliphatic rings. The van der Waals surface area contributed by atoms with Crippen LogP contribution in [0.1, 0.15) is 36.5 Å². The zero-order valence-corrected chi connectivity index (χ0v) is 11.3. The summed E-state index contributed by atoms with van der Waals surface area (Å²) in [5.41, 5.74) is 0.631. The smallest absolute Gasteiger partial charge is 0.254 e. The number of pyridine rings is 1. The molecule has 1 fully saturated rings. The molecule has 0 bridgehead atoms. The Morgan fingerprint density at radius 1 is 1.58 bits per heavy atom. The van der Waals surface area contributed by atoms with E-state index >= 15 is 0 Å². The Morgan fingerprint density at radius 3 is 3.16 bits per heavy atom. The third-order valence-corrected chi connectivity index (χ3v) is 3.46. The molecule has 104 valence electrons. The van der Waals surface area contributed by atoms with E-state index in [0.29, 0.717) is 11.4 Å². The maximum Gasteiger partial charge on any atom is 0.254 e. The van der Waals surface area contributed by atoms with Crippen molar-refractivity contribution in [2.45, 2.75) is 32.2 Å². The molecule has 2 rings (SSSR count). The average Bonchev–Trinajstić information content (AvgIpc) is 2.47. The minimum Gasteiger partial charge on any atom is -0.394 e. The maximum atomic E-state index is 12.5. The summed E-state index contributed by atoms with van der Waals surface area (Å²) in [5, 5.41) is 12.5. The summed E-state index contributed by atoms with van der Waals surface area (Å²) in [4.78, 5) is 18.4. The van der Waals surface area contributed by atoms with Crippen LogP contribution >= 0.6 is 0 Å². The van der Waals surface area contributed by atoms with Crippen molar-refractivity contribution in [1.29, 1.82) is 0 Å². The lowest BCUT2D eigenvalue weighted by molar-refractivity contribution is 0.0503. The first-order valence-electron chi connectivity index (χ1n) is 6.88. The van der Waals surface area contributed by atoms with Gasteiger partial charge in [-0.05, 0) is 38.3 Å². The summed E-state index contributed by atoms with van der Waals surface area (Å²) in [6.07, 6.45) is 4.61. The zero-order valence-electron chi connectivity index (χ0n) is 11.3. The largest absolute Gasteiger partial charge is 0.394 e. The van der Waals surface area contributed by atoms with Crippen molar-refractivity contribution in [2.75, 3.05) is 25.0 Å². The monoisotopic (exact) mass is 263 g/mol. The lowest BCUT2D eigenvalue weighted by Gasteiger charge is -2.34. The van der Waals surface area contributed by atoms with Gasteiger partial charge in [0.05, 0.1) is 12.6 Å². The Kier molecular flexibility index (Phi) is 4.74. The second-order valence-electron chi connectivity index (χ2n) is 4.79. The molecule has 0 saturated carbocycles. The number of likely N-dealkylation sites (tertiary alicyclic amines) is 1. The summed E-state index contributed by atoms with van der Waals surface area (Å²) < 4.78 is 0. The molecule has 1 aromatic rings. The summed E-state index contributed by atoms with van der Waals surface area (Å²) in [7, 11) is 0. The van der Waals surface area contributed by atoms with Gasteiger partial charge in [-0.1, -0.05) is 0 Å². The third kappa shape index (κ3) is 3.23. The molecule has 1 amide bonds. The second kappa shape index (κ2) is 6.52. The van der Waals surface area contributed by atoms with Crippen LogP contribution in [0.2, 0.25) is 0 Å². The molecule has 19 heavy (non-hydrogen) atoms. The lowest BCUT2D eigenvalue weighted by atomic mass is 10.0. The van der Waals surface area contributed by atoms with Crippen LogP contribution in [-0.4, -0.2) is 46.6 Å². The van der Waals surface area contributed by atoms with Gasteiger partial charge in [0, 0.05) is 24.8 Å².